The number of nitrogens with zero attached hydrogens (tertiary/aromatic N) is 3. The van der Waals surface area contributed by atoms with Crippen molar-refractivity contribution in [1.29, 1.82) is 0 Å². The van der Waals surface area contributed by atoms with E-state index in [1.807, 2.05) is 38.4 Å². The van der Waals surface area contributed by atoms with E-state index >= 15 is 0 Å². The summed E-state index contributed by atoms with van der Waals surface area (Å²) in [5, 5.41) is 4.39. The third-order valence-corrected chi connectivity index (χ3v) is 6.74. The largest absolute Gasteiger partial charge is 0.315 e. The quantitative estimate of drug-likeness (QED) is 0.750. The molecule has 7 nitrogen and oxygen atoms in total. The number of aryl methyl sites for hydroxylation is 3. The molecule has 0 unspecified atom stereocenters. The molecule has 0 fully saturated rings. The number of benzene rings is 1. The van der Waals surface area contributed by atoms with Gasteiger partial charge in [0.25, 0.3) is 0 Å². The maximum Gasteiger partial charge on any atom is 0.240 e. The molecule has 152 valence electrons. The lowest BCUT2D eigenvalue weighted by Gasteiger charge is -2.37. The summed E-state index contributed by atoms with van der Waals surface area (Å²) in [5.74, 6) is 0.0374. The number of rotatable bonds is 6. The molecule has 1 aromatic heterocycles. The molecule has 0 bridgehead atoms. The zero-order chi connectivity index (χ0) is 20.7. The number of hydrogen-bond acceptors (Lipinski definition) is 4. The van der Waals surface area contributed by atoms with E-state index in [4.69, 9.17) is 0 Å². The van der Waals surface area contributed by atoms with Gasteiger partial charge >= 0.3 is 0 Å². The minimum absolute atomic E-state index is 0.0374. The van der Waals surface area contributed by atoms with Gasteiger partial charge in [-0.15, -0.1) is 0 Å². The van der Waals surface area contributed by atoms with Crippen molar-refractivity contribution >= 4 is 21.6 Å². The predicted octanol–water partition coefficient (Wildman–Crippen LogP) is 2.51. The normalized spacial score (nSPS) is 16.3. The molecule has 1 amide bonds. The first-order valence-corrected chi connectivity index (χ1v) is 10.9. The van der Waals surface area contributed by atoms with Gasteiger partial charge in [-0.2, -0.15) is 5.10 Å². The monoisotopic (exact) mass is 404 g/mol. The first-order chi connectivity index (χ1) is 13.0. The summed E-state index contributed by atoms with van der Waals surface area (Å²) in [6.07, 6.45) is 1.00. The fourth-order valence-corrected chi connectivity index (χ4v) is 4.76. The second-order valence-corrected chi connectivity index (χ2v) is 9.86. The van der Waals surface area contributed by atoms with Crippen LogP contribution in [0.4, 0.5) is 5.69 Å². The summed E-state index contributed by atoms with van der Waals surface area (Å²) in [7, 11) is -1.89. The molecule has 2 heterocycles. The predicted molar refractivity (Wildman–Crippen MR) is 109 cm³/mol. The number of carbonyl (C=O) groups is 1. The Morgan fingerprint density at radius 2 is 1.93 bits per heavy atom. The first kappa shape index (κ1) is 20.5. The minimum Gasteiger partial charge on any atom is -0.315 e. The molecule has 1 aromatic carbocycles. The van der Waals surface area contributed by atoms with E-state index < -0.39 is 15.4 Å². The Morgan fingerprint density at radius 3 is 2.57 bits per heavy atom. The van der Waals surface area contributed by atoms with Crippen LogP contribution in [-0.4, -0.2) is 37.7 Å². The maximum atomic E-state index is 12.7. The number of carbonyl (C=O) groups excluding carboxylic acids is 1. The summed E-state index contributed by atoms with van der Waals surface area (Å²) in [6, 6.07) is 6.98. The van der Waals surface area contributed by atoms with Gasteiger partial charge < -0.3 is 4.90 Å². The van der Waals surface area contributed by atoms with Gasteiger partial charge in [0, 0.05) is 43.4 Å². The highest BCUT2D eigenvalue weighted by Gasteiger charge is 2.36. The molecule has 0 saturated heterocycles. The van der Waals surface area contributed by atoms with Gasteiger partial charge in [-0.1, -0.05) is 13.8 Å². The molecular weight excluding hydrogens is 376 g/mol. The van der Waals surface area contributed by atoms with Crippen LogP contribution in [0, 0.1) is 13.8 Å². The Balaban J connectivity index is 1.72. The molecule has 0 radical (unpaired) electrons. The van der Waals surface area contributed by atoms with Crippen LogP contribution >= 0.6 is 0 Å². The van der Waals surface area contributed by atoms with Crippen LogP contribution in [0.5, 0.6) is 0 Å². The summed E-state index contributed by atoms with van der Waals surface area (Å²) < 4.78 is 30.0. The van der Waals surface area contributed by atoms with E-state index in [0.717, 1.165) is 22.6 Å². The van der Waals surface area contributed by atoms with Crippen LogP contribution in [0.15, 0.2) is 29.2 Å². The van der Waals surface area contributed by atoms with Crippen molar-refractivity contribution in [3.05, 3.63) is 41.2 Å². The fourth-order valence-electron chi connectivity index (χ4n) is 3.66. The van der Waals surface area contributed by atoms with Crippen molar-refractivity contribution in [2.75, 3.05) is 18.5 Å². The van der Waals surface area contributed by atoms with E-state index in [1.165, 1.54) is 0 Å². The van der Waals surface area contributed by atoms with Crippen LogP contribution in [0.2, 0.25) is 0 Å². The minimum atomic E-state index is -3.62. The maximum absolute atomic E-state index is 12.7. The molecule has 1 aliphatic heterocycles. The van der Waals surface area contributed by atoms with Gasteiger partial charge in [0.15, 0.2) is 0 Å². The lowest BCUT2D eigenvalue weighted by atomic mass is 9.77. The van der Waals surface area contributed by atoms with Crippen molar-refractivity contribution in [2.45, 2.75) is 57.4 Å². The van der Waals surface area contributed by atoms with Crippen LogP contribution in [-0.2, 0) is 26.8 Å². The first-order valence-electron chi connectivity index (χ1n) is 9.43. The summed E-state index contributed by atoms with van der Waals surface area (Å²) in [6.45, 7) is 8.85. The van der Waals surface area contributed by atoms with E-state index in [9.17, 15) is 13.2 Å². The van der Waals surface area contributed by atoms with Crippen molar-refractivity contribution in [3.63, 3.8) is 0 Å². The SMILES string of the molecule is Cc1cc(C)n(CCCNS(=O)(=O)c2ccc3c(c2)C(C)(C)CC(=O)N3C)n1. The number of amides is 1. The topological polar surface area (TPSA) is 84.3 Å². The fraction of sp³-hybridized carbons (Fsp3) is 0.500. The standard InChI is InChI=1S/C20H28N4O3S/c1-14-11-15(2)24(22-14)10-6-9-21-28(26,27)16-7-8-18-17(12-16)20(3,4)13-19(25)23(18)5/h7-8,11-12,21H,6,9-10,13H2,1-5H3. The molecular formula is C20H28N4O3S. The molecule has 1 N–H and O–H groups in total. The van der Waals surface area contributed by atoms with Crippen molar-refractivity contribution in [3.8, 4) is 0 Å². The average Bonchev–Trinajstić information content (AvgIpc) is 2.93. The molecule has 0 atom stereocenters. The summed E-state index contributed by atoms with van der Waals surface area (Å²) >= 11 is 0. The van der Waals surface area contributed by atoms with Gasteiger partial charge in [0.05, 0.1) is 10.6 Å². The number of sulfonamides is 1. The third kappa shape index (κ3) is 3.98. The molecule has 2 aromatic rings. The van der Waals surface area contributed by atoms with Crippen LogP contribution < -0.4 is 9.62 Å². The third-order valence-electron chi connectivity index (χ3n) is 5.28. The van der Waals surface area contributed by atoms with Crippen molar-refractivity contribution in [2.24, 2.45) is 0 Å². The number of hydrogen-bond donors (Lipinski definition) is 1. The molecule has 0 aliphatic carbocycles. The Labute approximate surface area is 166 Å². The van der Waals surface area contributed by atoms with Gasteiger partial charge in [-0.25, -0.2) is 13.1 Å². The molecule has 0 spiro atoms. The second-order valence-electron chi connectivity index (χ2n) is 8.09. The average molecular weight is 405 g/mol. The molecule has 28 heavy (non-hydrogen) atoms. The van der Waals surface area contributed by atoms with E-state index in [0.29, 0.717) is 25.9 Å². The lowest BCUT2D eigenvalue weighted by Crippen LogP contribution is -2.39. The van der Waals surface area contributed by atoms with Crippen LogP contribution in [0.25, 0.3) is 0 Å². The summed E-state index contributed by atoms with van der Waals surface area (Å²) in [5.41, 5.74) is 3.26. The Hall–Kier alpha value is -2.19. The summed E-state index contributed by atoms with van der Waals surface area (Å²) in [4.78, 5) is 14.0. The molecule has 0 saturated carbocycles. The number of anilines is 1. The Bertz CT molecular complexity index is 1010. The zero-order valence-corrected chi connectivity index (χ0v) is 17.9. The lowest BCUT2D eigenvalue weighted by molar-refractivity contribution is -0.119. The number of fused-ring (bicyclic) bond motifs is 1. The number of nitrogens with one attached hydrogen (secondary N) is 1. The Kier molecular flexibility index (Phi) is 5.38. The van der Waals surface area contributed by atoms with Crippen molar-refractivity contribution in [1.82, 2.24) is 14.5 Å². The Morgan fingerprint density at radius 1 is 1.21 bits per heavy atom. The highest BCUT2D eigenvalue weighted by Crippen LogP contribution is 2.40. The van der Waals surface area contributed by atoms with Crippen LogP contribution in [0.3, 0.4) is 0 Å². The zero-order valence-electron chi connectivity index (χ0n) is 17.1. The van der Waals surface area contributed by atoms with E-state index in [1.54, 1.807) is 30.1 Å². The molecule has 8 heteroatoms. The molecule has 3 rings (SSSR count). The number of aromatic nitrogens is 2. The van der Waals surface area contributed by atoms with E-state index in [2.05, 4.69) is 9.82 Å². The van der Waals surface area contributed by atoms with Crippen LogP contribution in [0.1, 0.15) is 43.6 Å². The van der Waals surface area contributed by atoms with Gasteiger partial charge in [0.1, 0.15) is 0 Å². The van der Waals surface area contributed by atoms with Crippen molar-refractivity contribution < 1.29 is 13.2 Å². The molecule has 1 aliphatic rings. The second kappa shape index (κ2) is 7.33. The van der Waals surface area contributed by atoms with Gasteiger partial charge in [-0.05, 0) is 50.1 Å². The van der Waals surface area contributed by atoms with Gasteiger partial charge in [-0.3, -0.25) is 9.48 Å². The van der Waals surface area contributed by atoms with Gasteiger partial charge in [0.2, 0.25) is 15.9 Å². The highest BCUT2D eigenvalue weighted by atomic mass is 32.2. The highest BCUT2D eigenvalue weighted by molar-refractivity contribution is 7.89. The van der Waals surface area contributed by atoms with E-state index in [-0.39, 0.29) is 10.8 Å². The smallest absolute Gasteiger partial charge is 0.240 e.